The summed E-state index contributed by atoms with van der Waals surface area (Å²) in [6.45, 7) is 0. The van der Waals surface area contributed by atoms with E-state index in [0.29, 0.717) is 16.6 Å². The molecule has 5 heteroatoms. The highest BCUT2D eigenvalue weighted by Gasteiger charge is 2.09. The van der Waals surface area contributed by atoms with Crippen molar-refractivity contribution in [1.29, 1.82) is 0 Å². The number of aromatic amines is 1. The molecule has 0 unspecified atom stereocenters. The van der Waals surface area contributed by atoms with Crippen LogP contribution in [0, 0.1) is 0 Å². The van der Waals surface area contributed by atoms with Gasteiger partial charge in [0.1, 0.15) is 0 Å². The van der Waals surface area contributed by atoms with E-state index in [0.717, 1.165) is 0 Å². The Hall–Kier alpha value is -1.19. The Balaban J connectivity index is 3.06. The fourth-order valence-electron chi connectivity index (χ4n) is 1.27. The zero-order valence-electron chi connectivity index (χ0n) is 6.97. The van der Waals surface area contributed by atoms with Gasteiger partial charge in [-0.3, -0.25) is 4.79 Å². The second-order valence-electron chi connectivity index (χ2n) is 2.86. The fourth-order valence-corrected chi connectivity index (χ4v) is 1.69. The van der Waals surface area contributed by atoms with Gasteiger partial charge >= 0.3 is 0 Å². The number of H-pyrrole nitrogens is 1. The summed E-state index contributed by atoms with van der Waals surface area (Å²) < 4.78 is 0. The quantitative estimate of drug-likeness (QED) is 0.681. The summed E-state index contributed by atoms with van der Waals surface area (Å²) in [5.74, 6) is 0. The Kier molecular flexibility index (Phi) is 2.13. The van der Waals surface area contributed by atoms with Crippen molar-refractivity contribution in [3.63, 3.8) is 0 Å². The van der Waals surface area contributed by atoms with Crippen molar-refractivity contribution in [2.45, 2.75) is 0 Å². The smallest absolute Gasteiger partial charge is 0.189 e. The van der Waals surface area contributed by atoms with Gasteiger partial charge in [-0.15, -0.1) is 0 Å². The fraction of sp³-hybridized carbons (Fsp3) is 0. The van der Waals surface area contributed by atoms with Crippen molar-refractivity contribution in [2.75, 3.05) is 5.73 Å². The Morgan fingerprint density at radius 2 is 2.00 bits per heavy atom. The van der Waals surface area contributed by atoms with E-state index < -0.39 is 0 Å². The predicted molar refractivity (Wildman–Crippen MR) is 59.0 cm³/mol. The number of nitrogens with two attached hydrogens (primary N) is 1. The third kappa shape index (κ3) is 1.25. The van der Waals surface area contributed by atoms with E-state index in [9.17, 15) is 4.79 Å². The van der Waals surface area contributed by atoms with E-state index in [1.165, 1.54) is 18.3 Å². The molecule has 0 aliphatic heterocycles. The van der Waals surface area contributed by atoms with Crippen LogP contribution in [0.3, 0.4) is 0 Å². The average molecular weight is 229 g/mol. The number of pyridine rings is 1. The Labute approximate surface area is 89.4 Å². The van der Waals surface area contributed by atoms with Crippen LogP contribution >= 0.6 is 23.2 Å². The highest BCUT2D eigenvalue weighted by atomic mass is 35.5. The van der Waals surface area contributed by atoms with E-state index in [2.05, 4.69) is 4.98 Å². The minimum Gasteiger partial charge on any atom is -0.397 e. The minimum atomic E-state index is -0.135. The van der Waals surface area contributed by atoms with Crippen LogP contribution < -0.4 is 11.2 Å². The number of anilines is 1. The lowest BCUT2D eigenvalue weighted by Gasteiger charge is -2.04. The summed E-state index contributed by atoms with van der Waals surface area (Å²) in [6.07, 6.45) is 1.52. The molecule has 14 heavy (non-hydrogen) atoms. The van der Waals surface area contributed by atoms with Crippen LogP contribution in [0.1, 0.15) is 0 Å². The van der Waals surface area contributed by atoms with Crippen LogP contribution in [0.15, 0.2) is 23.1 Å². The summed E-state index contributed by atoms with van der Waals surface area (Å²) in [5.41, 5.74) is 6.27. The summed E-state index contributed by atoms with van der Waals surface area (Å²) in [5, 5.41) is 0.986. The Morgan fingerprint density at radius 3 is 2.71 bits per heavy atom. The van der Waals surface area contributed by atoms with Gasteiger partial charge in [-0.05, 0) is 6.07 Å². The normalized spacial score (nSPS) is 10.7. The lowest BCUT2D eigenvalue weighted by molar-refractivity contribution is 1.39. The van der Waals surface area contributed by atoms with E-state index in [-0.39, 0.29) is 15.5 Å². The molecule has 72 valence electrons. The molecule has 1 heterocycles. The molecule has 1 aromatic heterocycles. The van der Waals surface area contributed by atoms with Gasteiger partial charge in [0, 0.05) is 17.6 Å². The van der Waals surface area contributed by atoms with Crippen molar-refractivity contribution < 1.29 is 0 Å². The van der Waals surface area contributed by atoms with Crippen LogP contribution in [0.25, 0.3) is 10.9 Å². The third-order valence-electron chi connectivity index (χ3n) is 1.96. The van der Waals surface area contributed by atoms with Gasteiger partial charge < -0.3 is 10.7 Å². The van der Waals surface area contributed by atoms with Gasteiger partial charge in [0.2, 0.25) is 0 Å². The van der Waals surface area contributed by atoms with Gasteiger partial charge in [-0.2, -0.15) is 0 Å². The molecule has 0 spiro atoms. The van der Waals surface area contributed by atoms with Crippen LogP contribution in [0.5, 0.6) is 0 Å². The molecule has 0 radical (unpaired) electrons. The number of fused-ring (bicyclic) bond motifs is 1. The third-order valence-corrected chi connectivity index (χ3v) is 2.84. The van der Waals surface area contributed by atoms with Crippen molar-refractivity contribution >= 4 is 39.8 Å². The molecule has 0 bridgehead atoms. The van der Waals surface area contributed by atoms with Crippen molar-refractivity contribution in [2.24, 2.45) is 0 Å². The first kappa shape index (κ1) is 9.37. The topological polar surface area (TPSA) is 58.9 Å². The Morgan fingerprint density at radius 1 is 1.29 bits per heavy atom. The maximum Gasteiger partial charge on any atom is 0.189 e. The molecular weight excluding hydrogens is 223 g/mol. The molecule has 0 aliphatic carbocycles. The average Bonchev–Trinajstić information content (AvgIpc) is 2.17. The number of aromatic nitrogens is 1. The number of benzene rings is 1. The first-order chi connectivity index (χ1) is 6.61. The molecule has 0 saturated heterocycles. The summed E-state index contributed by atoms with van der Waals surface area (Å²) >= 11 is 11.8. The number of halogens is 2. The van der Waals surface area contributed by atoms with Crippen LogP contribution in [-0.2, 0) is 0 Å². The molecule has 3 nitrogen and oxygen atoms in total. The number of rotatable bonds is 0. The Bertz CT molecular complexity index is 562. The summed E-state index contributed by atoms with van der Waals surface area (Å²) in [7, 11) is 0. The van der Waals surface area contributed by atoms with Crippen molar-refractivity contribution in [3.05, 3.63) is 38.6 Å². The van der Waals surface area contributed by atoms with Crippen molar-refractivity contribution in [1.82, 2.24) is 4.98 Å². The van der Waals surface area contributed by atoms with Gasteiger partial charge in [-0.25, -0.2) is 0 Å². The minimum absolute atomic E-state index is 0.135. The maximum atomic E-state index is 11.4. The van der Waals surface area contributed by atoms with Gasteiger partial charge in [0.25, 0.3) is 0 Å². The monoisotopic (exact) mass is 228 g/mol. The lowest BCUT2D eigenvalue weighted by atomic mass is 10.2. The zero-order chi connectivity index (χ0) is 10.3. The second-order valence-corrected chi connectivity index (χ2v) is 3.61. The highest BCUT2D eigenvalue weighted by molar-refractivity contribution is 6.46. The number of nitrogens with one attached hydrogen (secondary N) is 1. The maximum absolute atomic E-state index is 11.4. The van der Waals surface area contributed by atoms with E-state index in [1.54, 1.807) is 0 Å². The summed E-state index contributed by atoms with van der Waals surface area (Å²) in [6, 6.07) is 2.92. The molecule has 2 rings (SSSR count). The first-order valence-corrected chi connectivity index (χ1v) is 4.61. The molecule has 0 fully saturated rings. The number of hydrogen-bond donors (Lipinski definition) is 2. The number of hydrogen-bond acceptors (Lipinski definition) is 2. The van der Waals surface area contributed by atoms with E-state index >= 15 is 0 Å². The molecular formula is C9H6Cl2N2O. The van der Waals surface area contributed by atoms with E-state index in [4.69, 9.17) is 28.9 Å². The van der Waals surface area contributed by atoms with Gasteiger partial charge in [0.15, 0.2) is 5.43 Å². The molecule has 0 saturated carbocycles. The van der Waals surface area contributed by atoms with Crippen LogP contribution in [0.4, 0.5) is 5.69 Å². The SMILES string of the molecule is Nc1cc2c(=O)cc[nH]c2c(Cl)c1Cl. The standard InChI is InChI=1S/C9H6Cl2N2O/c10-7-5(12)3-4-6(14)1-2-13-9(4)8(7)11/h1-3H,12H2,(H,13,14). The van der Waals surface area contributed by atoms with E-state index in [1.807, 2.05) is 0 Å². The molecule has 0 atom stereocenters. The second kappa shape index (κ2) is 3.19. The number of nitrogen functional groups attached to an aromatic ring is 1. The molecule has 3 N–H and O–H groups in total. The summed E-state index contributed by atoms with van der Waals surface area (Å²) in [4.78, 5) is 14.3. The van der Waals surface area contributed by atoms with Crippen LogP contribution in [-0.4, -0.2) is 4.98 Å². The first-order valence-electron chi connectivity index (χ1n) is 3.86. The lowest BCUT2D eigenvalue weighted by Crippen LogP contribution is -2.02. The van der Waals surface area contributed by atoms with Gasteiger partial charge in [-0.1, -0.05) is 23.2 Å². The molecule has 1 aromatic carbocycles. The zero-order valence-corrected chi connectivity index (χ0v) is 8.49. The largest absolute Gasteiger partial charge is 0.397 e. The molecule has 0 amide bonds. The van der Waals surface area contributed by atoms with Crippen molar-refractivity contribution in [3.8, 4) is 0 Å². The van der Waals surface area contributed by atoms with Gasteiger partial charge in [0.05, 0.1) is 21.2 Å². The highest BCUT2D eigenvalue weighted by Crippen LogP contribution is 2.32. The predicted octanol–water partition coefficient (Wildman–Crippen LogP) is 2.42. The van der Waals surface area contributed by atoms with Crippen LogP contribution in [0.2, 0.25) is 10.0 Å². The molecule has 0 aliphatic rings. The molecule has 2 aromatic rings.